The summed E-state index contributed by atoms with van der Waals surface area (Å²) in [4.78, 5) is 33.2. The molecule has 0 spiro atoms. The van der Waals surface area contributed by atoms with Crippen LogP contribution in [0.3, 0.4) is 0 Å². The maximum absolute atomic E-state index is 11.8. The van der Waals surface area contributed by atoms with E-state index in [9.17, 15) is 24.6 Å². The minimum absolute atomic E-state index is 0.220. The number of carboxylic acids is 2. The molecule has 1 saturated carbocycles. The molecular formula is C17H24N2O7. The lowest BCUT2D eigenvalue weighted by molar-refractivity contribution is -0.175. The van der Waals surface area contributed by atoms with Gasteiger partial charge in [0.2, 0.25) is 5.78 Å². The molecule has 0 heterocycles. The zero-order chi connectivity index (χ0) is 19.9. The molecule has 1 aliphatic carbocycles. The maximum Gasteiger partial charge on any atom is 0.347 e. The first-order chi connectivity index (χ1) is 12.1. The van der Waals surface area contributed by atoms with Gasteiger partial charge in [0, 0.05) is 17.6 Å². The van der Waals surface area contributed by atoms with Crippen molar-refractivity contribution in [2.75, 3.05) is 0 Å². The lowest BCUT2D eigenvalue weighted by Crippen LogP contribution is -2.58. The molecule has 0 bridgehead atoms. The number of rotatable bonds is 5. The van der Waals surface area contributed by atoms with E-state index in [4.69, 9.17) is 21.7 Å². The van der Waals surface area contributed by atoms with E-state index in [1.807, 2.05) is 0 Å². The number of carbonyl (C=O) groups is 3. The van der Waals surface area contributed by atoms with E-state index in [0.717, 1.165) is 12.8 Å². The predicted octanol–water partition coefficient (Wildman–Crippen LogP) is -0.654. The van der Waals surface area contributed by atoms with Gasteiger partial charge < -0.3 is 31.9 Å². The molecule has 1 aliphatic rings. The highest BCUT2D eigenvalue weighted by molar-refractivity contribution is 6.17. The standard InChI is InChI=1S/C11H10O7.C6H14N2/c12-7(6-4-2-1-3-5-6)11(18,10(16)17)8(13)9(14)15;7-5-3-1-2-4-6(5)8/h1-5,8,13,18H,(H,14,15)(H,16,17);5-6H,1-4,7-8H2/t;5-,6-/m.1/s1. The van der Waals surface area contributed by atoms with Crippen LogP contribution in [0.25, 0.3) is 0 Å². The smallest absolute Gasteiger partial charge is 0.347 e. The number of carbonyl (C=O) groups excluding carboxylic acids is 1. The van der Waals surface area contributed by atoms with Crippen molar-refractivity contribution in [3.8, 4) is 0 Å². The summed E-state index contributed by atoms with van der Waals surface area (Å²) in [5.74, 6) is -5.54. The second-order valence-corrected chi connectivity index (χ2v) is 6.12. The van der Waals surface area contributed by atoms with Gasteiger partial charge in [-0.15, -0.1) is 0 Å². The monoisotopic (exact) mass is 368 g/mol. The van der Waals surface area contributed by atoms with E-state index in [0.29, 0.717) is 0 Å². The molecule has 1 aromatic carbocycles. The van der Waals surface area contributed by atoms with E-state index in [2.05, 4.69) is 0 Å². The highest BCUT2D eigenvalue weighted by Gasteiger charge is 2.54. The first-order valence-electron chi connectivity index (χ1n) is 8.10. The van der Waals surface area contributed by atoms with Crippen LogP contribution >= 0.6 is 0 Å². The summed E-state index contributed by atoms with van der Waals surface area (Å²) in [6, 6.07) is 7.32. The zero-order valence-corrected chi connectivity index (χ0v) is 14.1. The van der Waals surface area contributed by atoms with Crippen LogP contribution in [0.2, 0.25) is 0 Å². The predicted molar refractivity (Wildman–Crippen MR) is 91.4 cm³/mol. The summed E-state index contributed by atoms with van der Waals surface area (Å²) in [6.45, 7) is 0. The molecule has 26 heavy (non-hydrogen) atoms. The van der Waals surface area contributed by atoms with Crippen molar-refractivity contribution < 1.29 is 34.8 Å². The summed E-state index contributed by atoms with van der Waals surface area (Å²) in [5, 5.41) is 36.2. The van der Waals surface area contributed by atoms with Gasteiger partial charge in [0.1, 0.15) is 0 Å². The molecule has 0 amide bonds. The molecule has 144 valence electrons. The molecule has 4 atom stereocenters. The fourth-order valence-corrected chi connectivity index (χ4v) is 2.51. The summed E-state index contributed by atoms with van der Waals surface area (Å²) in [7, 11) is 0. The van der Waals surface area contributed by atoms with Gasteiger partial charge in [-0.3, -0.25) is 4.79 Å². The Morgan fingerprint density at radius 1 is 1.00 bits per heavy atom. The Hall–Kier alpha value is -2.33. The van der Waals surface area contributed by atoms with Crippen LogP contribution in [0.1, 0.15) is 36.0 Å². The van der Waals surface area contributed by atoms with Crippen LogP contribution in [0, 0.1) is 0 Å². The Morgan fingerprint density at radius 3 is 1.81 bits per heavy atom. The number of nitrogens with two attached hydrogens (primary N) is 2. The average molecular weight is 368 g/mol. The van der Waals surface area contributed by atoms with Gasteiger partial charge in [0.05, 0.1) is 0 Å². The number of benzene rings is 1. The minimum atomic E-state index is -3.42. The van der Waals surface area contributed by atoms with Crippen LogP contribution in [0.5, 0.6) is 0 Å². The third-order valence-electron chi connectivity index (χ3n) is 4.21. The fraction of sp³-hybridized carbons (Fsp3) is 0.471. The molecule has 0 saturated heterocycles. The van der Waals surface area contributed by atoms with Gasteiger partial charge in [-0.2, -0.15) is 0 Å². The Morgan fingerprint density at radius 2 is 1.46 bits per heavy atom. The highest BCUT2D eigenvalue weighted by Crippen LogP contribution is 2.19. The Bertz CT molecular complexity index is 627. The molecular weight excluding hydrogens is 344 g/mol. The van der Waals surface area contributed by atoms with Gasteiger partial charge in [0.15, 0.2) is 6.10 Å². The topological polar surface area (TPSA) is 184 Å². The third kappa shape index (κ3) is 5.09. The molecule has 8 N–H and O–H groups in total. The summed E-state index contributed by atoms with van der Waals surface area (Å²) >= 11 is 0. The average Bonchev–Trinajstić information content (AvgIpc) is 2.63. The quantitative estimate of drug-likeness (QED) is 0.290. The normalized spacial score (nSPS) is 22.9. The highest BCUT2D eigenvalue weighted by atomic mass is 16.4. The van der Waals surface area contributed by atoms with Crippen molar-refractivity contribution in [2.45, 2.75) is 49.5 Å². The first kappa shape index (κ1) is 21.7. The molecule has 0 aromatic heterocycles. The van der Waals surface area contributed by atoms with Crippen LogP contribution in [-0.4, -0.2) is 61.9 Å². The van der Waals surface area contributed by atoms with Crippen molar-refractivity contribution >= 4 is 17.7 Å². The van der Waals surface area contributed by atoms with Crippen molar-refractivity contribution in [3.05, 3.63) is 35.9 Å². The van der Waals surface area contributed by atoms with Crippen LogP contribution in [0.4, 0.5) is 0 Å². The van der Waals surface area contributed by atoms with Gasteiger partial charge in [-0.05, 0) is 12.8 Å². The van der Waals surface area contributed by atoms with Crippen LogP contribution in [-0.2, 0) is 9.59 Å². The molecule has 9 nitrogen and oxygen atoms in total. The molecule has 0 radical (unpaired) electrons. The lowest BCUT2D eigenvalue weighted by atomic mass is 9.87. The van der Waals surface area contributed by atoms with E-state index in [1.165, 1.54) is 37.1 Å². The molecule has 1 fully saturated rings. The van der Waals surface area contributed by atoms with E-state index >= 15 is 0 Å². The van der Waals surface area contributed by atoms with Gasteiger partial charge in [-0.25, -0.2) is 9.59 Å². The van der Waals surface area contributed by atoms with Crippen molar-refractivity contribution in [2.24, 2.45) is 11.5 Å². The van der Waals surface area contributed by atoms with Crippen molar-refractivity contribution in [1.82, 2.24) is 0 Å². The Labute approximate surface area is 150 Å². The van der Waals surface area contributed by atoms with Gasteiger partial charge in [0.25, 0.3) is 5.60 Å². The second kappa shape index (κ2) is 9.39. The maximum atomic E-state index is 11.8. The molecule has 9 heteroatoms. The van der Waals surface area contributed by atoms with E-state index in [-0.39, 0.29) is 17.6 Å². The molecule has 2 rings (SSSR count). The summed E-state index contributed by atoms with van der Waals surface area (Å²) < 4.78 is 0. The zero-order valence-electron chi connectivity index (χ0n) is 14.1. The number of carboxylic acid groups (broad SMARTS) is 2. The lowest BCUT2D eigenvalue weighted by Gasteiger charge is -2.24. The third-order valence-corrected chi connectivity index (χ3v) is 4.21. The number of hydrogen-bond acceptors (Lipinski definition) is 7. The number of ketones is 1. The largest absolute Gasteiger partial charge is 0.479 e. The second-order valence-electron chi connectivity index (χ2n) is 6.12. The SMILES string of the molecule is N[C@@H]1CCCC[C@H]1N.O=C(O)C(O)C(O)(C(=O)O)C(=O)c1ccccc1. The van der Waals surface area contributed by atoms with Crippen LogP contribution < -0.4 is 11.5 Å². The van der Waals surface area contributed by atoms with Gasteiger partial charge >= 0.3 is 11.9 Å². The minimum Gasteiger partial charge on any atom is -0.479 e. The fourth-order valence-electron chi connectivity index (χ4n) is 2.51. The van der Waals surface area contributed by atoms with Crippen LogP contribution in [0.15, 0.2) is 30.3 Å². The molecule has 1 aromatic rings. The molecule has 2 unspecified atom stereocenters. The number of hydrogen-bond donors (Lipinski definition) is 6. The molecule has 0 aliphatic heterocycles. The Kier molecular flexibility index (Phi) is 7.84. The number of Topliss-reactive ketones (excluding diaryl/α,β-unsaturated/α-hetero) is 1. The number of aliphatic carboxylic acids is 2. The number of aliphatic hydroxyl groups is 2. The van der Waals surface area contributed by atoms with E-state index < -0.39 is 29.4 Å². The number of aliphatic hydroxyl groups excluding tert-OH is 1. The van der Waals surface area contributed by atoms with Crippen molar-refractivity contribution in [3.63, 3.8) is 0 Å². The first-order valence-corrected chi connectivity index (χ1v) is 8.10. The summed E-state index contributed by atoms with van der Waals surface area (Å²) in [5.41, 5.74) is 7.66. The Balaban J connectivity index is 0.000000350. The van der Waals surface area contributed by atoms with Gasteiger partial charge in [-0.1, -0.05) is 43.2 Å². The summed E-state index contributed by atoms with van der Waals surface area (Å²) in [6.07, 6.45) is 2.04. The van der Waals surface area contributed by atoms with Crippen molar-refractivity contribution in [1.29, 1.82) is 0 Å². The van der Waals surface area contributed by atoms with E-state index in [1.54, 1.807) is 6.07 Å².